The number of hydrogen-bond donors (Lipinski definition) is 1. The van der Waals surface area contributed by atoms with Gasteiger partial charge < -0.3 is 15.2 Å². The number of benzene rings is 1. The smallest absolute Gasteiger partial charge is 0.306 e. The van der Waals surface area contributed by atoms with Crippen LogP contribution in [0, 0.1) is 5.41 Å². The number of nitrogens with two attached hydrogens (primary N) is 1. The van der Waals surface area contributed by atoms with Crippen molar-refractivity contribution in [3.63, 3.8) is 0 Å². The second-order valence-corrected chi connectivity index (χ2v) is 6.04. The fraction of sp³-hybridized carbons (Fsp3) is 0.588. The van der Waals surface area contributed by atoms with Crippen LogP contribution < -0.4 is 10.5 Å². The molecule has 0 amide bonds. The van der Waals surface area contributed by atoms with E-state index < -0.39 is 0 Å². The average Bonchev–Trinajstić information content (AvgIpc) is 2.95. The molecule has 0 spiro atoms. The van der Waals surface area contributed by atoms with Gasteiger partial charge in [0.1, 0.15) is 5.75 Å². The molecule has 116 valence electrons. The summed E-state index contributed by atoms with van der Waals surface area (Å²) >= 11 is 0. The number of rotatable bonds is 6. The Labute approximate surface area is 126 Å². The van der Waals surface area contributed by atoms with Crippen molar-refractivity contribution in [2.75, 3.05) is 14.2 Å². The van der Waals surface area contributed by atoms with Gasteiger partial charge in [-0.2, -0.15) is 0 Å². The maximum absolute atomic E-state index is 11.7. The van der Waals surface area contributed by atoms with Crippen LogP contribution in [0.5, 0.6) is 5.75 Å². The van der Waals surface area contributed by atoms with Crippen LogP contribution >= 0.6 is 0 Å². The van der Waals surface area contributed by atoms with Crippen molar-refractivity contribution in [1.82, 2.24) is 0 Å². The van der Waals surface area contributed by atoms with Gasteiger partial charge in [0.05, 0.1) is 20.6 Å². The first-order valence-corrected chi connectivity index (χ1v) is 7.55. The van der Waals surface area contributed by atoms with Crippen LogP contribution in [0.2, 0.25) is 0 Å². The third-order valence-corrected chi connectivity index (χ3v) is 4.61. The molecule has 0 aromatic heterocycles. The number of methoxy groups -OCH3 is 2. The Kier molecular flexibility index (Phi) is 5.23. The van der Waals surface area contributed by atoms with Crippen molar-refractivity contribution in [2.24, 2.45) is 11.1 Å². The molecule has 1 saturated carbocycles. The zero-order chi connectivity index (χ0) is 15.3. The van der Waals surface area contributed by atoms with Crippen LogP contribution in [-0.2, 0) is 9.53 Å². The van der Waals surface area contributed by atoms with Crippen molar-refractivity contribution in [1.29, 1.82) is 0 Å². The summed E-state index contributed by atoms with van der Waals surface area (Å²) in [6, 6.07) is 7.81. The van der Waals surface area contributed by atoms with E-state index in [4.69, 9.17) is 15.2 Å². The van der Waals surface area contributed by atoms with E-state index >= 15 is 0 Å². The number of carbonyl (C=O) groups excluding carboxylic acids is 1. The first-order valence-electron chi connectivity index (χ1n) is 7.55. The van der Waals surface area contributed by atoms with E-state index in [9.17, 15) is 4.79 Å². The van der Waals surface area contributed by atoms with Gasteiger partial charge in [0.15, 0.2) is 0 Å². The maximum Gasteiger partial charge on any atom is 0.306 e. The third kappa shape index (κ3) is 3.97. The lowest BCUT2D eigenvalue weighted by atomic mass is 9.76. The molecule has 2 rings (SSSR count). The van der Waals surface area contributed by atoms with E-state index in [0.717, 1.165) is 30.6 Å². The lowest BCUT2D eigenvalue weighted by molar-refractivity contribution is -0.143. The normalized spacial score (nSPS) is 18.2. The molecular weight excluding hydrogens is 266 g/mol. The standard InChI is InChI=1S/C17H25NO3/c1-20-14-7-5-13(6-8-14)15(18)11-17(9-3-4-10-17)12-16(19)21-2/h5-8,15H,3-4,9-12,18H2,1-2H3. The van der Waals surface area contributed by atoms with Crippen LogP contribution in [0.25, 0.3) is 0 Å². The van der Waals surface area contributed by atoms with Crippen LogP contribution in [0.15, 0.2) is 24.3 Å². The zero-order valence-electron chi connectivity index (χ0n) is 12.9. The Morgan fingerprint density at radius 3 is 2.38 bits per heavy atom. The van der Waals surface area contributed by atoms with Crippen molar-refractivity contribution >= 4 is 5.97 Å². The third-order valence-electron chi connectivity index (χ3n) is 4.61. The van der Waals surface area contributed by atoms with Crippen LogP contribution in [0.3, 0.4) is 0 Å². The lowest BCUT2D eigenvalue weighted by Gasteiger charge is -2.31. The Balaban J connectivity index is 2.06. The van der Waals surface area contributed by atoms with E-state index in [0.29, 0.717) is 6.42 Å². The van der Waals surface area contributed by atoms with Gasteiger partial charge in [-0.25, -0.2) is 0 Å². The van der Waals surface area contributed by atoms with Crippen molar-refractivity contribution in [3.05, 3.63) is 29.8 Å². The van der Waals surface area contributed by atoms with Gasteiger partial charge in [-0.1, -0.05) is 25.0 Å². The molecule has 0 heterocycles. The second-order valence-electron chi connectivity index (χ2n) is 6.04. The molecule has 1 aliphatic carbocycles. The summed E-state index contributed by atoms with van der Waals surface area (Å²) in [7, 11) is 3.10. The monoisotopic (exact) mass is 291 g/mol. The molecule has 1 aromatic carbocycles. The summed E-state index contributed by atoms with van der Waals surface area (Å²) in [4.78, 5) is 11.7. The maximum atomic E-state index is 11.7. The van der Waals surface area contributed by atoms with Crippen LogP contribution in [-0.4, -0.2) is 20.2 Å². The predicted molar refractivity (Wildman–Crippen MR) is 82.1 cm³/mol. The van der Waals surface area contributed by atoms with E-state index in [2.05, 4.69) is 0 Å². The van der Waals surface area contributed by atoms with Gasteiger partial charge in [0, 0.05) is 6.04 Å². The Hall–Kier alpha value is -1.55. The van der Waals surface area contributed by atoms with Crippen molar-refractivity contribution in [3.8, 4) is 5.75 Å². The number of hydrogen-bond acceptors (Lipinski definition) is 4. The zero-order valence-corrected chi connectivity index (χ0v) is 12.9. The largest absolute Gasteiger partial charge is 0.497 e. The van der Waals surface area contributed by atoms with E-state index in [1.165, 1.54) is 20.0 Å². The first kappa shape index (κ1) is 15.8. The molecule has 1 fully saturated rings. The molecule has 0 aliphatic heterocycles. The molecule has 1 aromatic rings. The molecular formula is C17H25NO3. The summed E-state index contributed by atoms with van der Waals surface area (Å²) < 4.78 is 10.0. The Morgan fingerprint density at radius 2 is 1.86 bits per heavy atom. The van der Waals surface area contributed by atoms with E-state index in [-0.39, 0.29) is 17.4 Å². The number of esters is 1. The SMILES string of the molecule is COC(=O)CC1(CC(N)c2ccc(OC)cc2)CCCC1. The Bertz CT molecular complexity index is 463. The average molecular weight is 291 g/mol. The van der Waals surface area contributed by atoms with Gasteiger partial charge in [-0.05, 0) is 42.4 Å². The second kappa shape index (κ2) is 6.94. The molecule has 2 N–H and O–H groups in total. The summed E-state index contributed by atoms with van der Waals surface area (Å²) in [5, 5.41) is 0. The molecule has 0 saturated heterocycles. The first-order chi connectivity index (χ1) is 10.1. The van der Waals surface area contributed by atoms with Crippen molar-refractivity contribution < 1.29 is 14.3 Å². The highest BCUT2D eigenvalue weighted by Crippen LogP contribution is 2.47. The topological polar surface area (TPSA) is 61.5 Å². The number of ether oxygens (including phenoxy) is 2. The minimum atomic E-state index is -0.126. The molecule has 4 heteroatoms. The highest BCUT2D eigenvalue weighted by atomic mass is 16.5. The summed E-state index contributed by atoms with van der Waals surface area (Å²) in [6.07, 6.45) is 5.78. The molecule has 0 bridgehead atoms. The van der Waals surface area contributed by atoms with E-state index in [1.807, 2.05) is 24.3 Å². The summed E-state index contributed by atoms with van der Waals surface area (Å²) in [5.74, 6) is 0.704. The molecule has 4 nitrogen and oxygen atoms in total. The van der Waals surface area contributed by atoms with Crippen LogP contribution in [0.4, 0.5) is 0 Å². The highest BCUT2D eigenvalue weighted by molar-refractivity contribution is 5.70. The molecule has 1 unspecified atom stereocenters. The van der Waals surface area contributed by atoms with Gasteiger partial charge in [-0.3, -0.25) is 4.79 Å². The van der Waals surface area contributed by atoms with Gasteiger partial charge in [-0.15, -0.1) is 0 Å². The Morgan fingerprint density at radius 1 is 1.24 bits per heavy atom. The molecule has 1 atom stereocenters. The molecule has 1 aliphatic rings. The summed E-state index contributed by atoms with van der Waals surface area (Å²) in [5.41, 5.74) is 7.47. The number of carbonyl (C=O) groups is 1. The van der Waals surface area contributed by atoms with Crippen molar-refractivity contribution in [2.45, 2.75) is 44.6 Å². The van der Waals surface area contributed by atoms with E-state index in [1.54, 1.807) is 7.11 Å². The van der Waals surface area contributed by atoms with Gasteiger partial charge >= 0.3 is 5.97 Å². The molecule has 0 radical (unpaired) electrons. The van der Waals surface area contributed by atoms with Gasteiger partial charge in [0.2, 0.25) is 0 Å². The lowest BCUT2D eigenvalue weighted by Crippen LogP contribution is -2.27. The quantitative estimate of drug-likeness (QED) is 0.818. The minimum Gasteiger partial charge on any atom is -0.497 e. The summed E-state index contributed by atoms with van der Waals surface area (Å²) in [6.45, 7) is 0. The fourth-order valence-corrected chi connectivity index (χ4v) is 3.39. The fourth-order valence-electron chi connectivity index (χ4n) is 3.39. The molecule has 21 heavy (non-hydrogen) atoms. The highest BCUT2D eigenvalue weighted by Gasteiger charge is 2.37. The minimum absolute atomic E-state index is 0.00639. The van der Waals surface area contributed by atoms with Gasteiger partial charge in [0.25, 0.3) is 0 Å². The predicted octanol–water partition coefficient (Wildman–Crippen LogP) is 3.21. The van der Waals surface area contributed by atoms with Crippen LogP contribution in [0.1, 0.15) is 50.1 Å².